The second-order valence-electron chi connectivity index (χ2n) is 13.1. The van der Waals surface area contributed by atoms with Gasteiger partial charge in [0.2, 0.25) is 0 Å². The van der Waals surface area contributed by atoms with Gasteiger partial charge in [-0.2, -0.15) is 0 Å². The van der Waals surface area contributed by atoms with Crippen molar-refractivity contribution in [1.82, 2.24) is 9.97 Å². The lowest BCUT2D eigenvalue weighted by Crippen LogP contribution is -2.17. The monoisotopic (exact) mass is 619 g/mol. The summed E-state index contributed by atoms with van der Waals surface area (Å²) in [5, 5.41) is 1.98. The summed E-state index contributed by atoms with van der Waals surface area (Å²) in [5.41, 5.74) is 15.2. The van der Waals surface area contributed by atoms with Gasteiger partial charge in [-0.25, -0.2) is 0 Å². The molecule has 0 saturated carbocycles. The molecule has 4 aromatic heterocycles. The van der Waals surface area contributed by atoms with Gasteiger partial charge in [0.05, 0.1) is 5.69 Å². The molecular formula is C43H29N3O2. The van der Waals surface area contributed by atoms with E-state index in [0.29, 0.717) is 0 Å². The molecule has 0 atom stereocenters. The lowest BCUT2D eigenvalue weighted by atomic mass is 9.81. The van der Waals surface area contributed by atoms with Crippen molar-refractivity contribution in [3.05, 3.63) is 151 Å². The van der Waals surface area contributed by atoms with Crippen molar-refractivity contribution in [3.63, 3.8) is 0 Å². The van der Waals surface area contributed by atoms with Gasteiger partial charge in [-0.1, -0.05) is 68.4 Å². The van der Waals surface area contributed by atoms with E-state index in [9.17, 15) is 0 Å². The highest BCUT2D eigenvalue weighted by Crippen LogP contribution is 2.53. The number of pyridine rings is 2. The van der Waals surface area contributed by atoms with Gasteiger partial charge in [-0.3, -0.25) is 9.97 Å². The van der Waals surface area contributed by atoms with E-state index in [1.165, 1.54) is 22.3 Å². The predicted molar refractivity (Wildman–Crippen MR) is 194 cm³/mol. The first-order valence-corrected chi connectivity index (χ1v) is 16.2. The molecule has 48 heavy (non-hydrogen) atoms. The molecule has 5 nitrogen and oxygen atoms in total. The van der Waals surface area contributed by atoms with E-state index in [-0.39, 0.29) is 5.41 Å². The summed E-state index contributed by atoms with van der Waals surface area (Å²) < 4.78 is 12.7. The van der Waals surface area contributed by atoms with Crippen LogP contribution in [0.4, 0.5) is 17.1 Å². The summed E-state index contributed by atoms with van der Waals surface area (Å²) in [6.45, 7) is 4.66. The van der Waals surface area contributed by atoms with Crippen LogP contribution < -0.4 is 4.90 Å². The molecule has 0 fully saturated rings. The Morgan fingerprint density at radius 1 is 0.500 bits per heavy atom. The lowest BCUT2D eigenvalue weighted by molar-refractivity contribution is 0.660. The van der Waals surface area contributed by atoms with Gasteiger partial charge in [0, 0.05) is 57.7 Å². The molecule has 0 saturated heterocycles. The first-order valence-electron chi connectivity index (χ1n) is 16.2. The number of aromatic nitrogens is 2. The molecule has 9 aromatic rings. The van der Waals surface area contributed by atoms with Crippen molar-refractivity contribution < 1.29 is 8.83 Å². The van der Waals surface area contributed by atoms with Crippen molar-refractivity contribution in [2.24, 2.45) is 0 Å². The molecule has 0 bridgehead atoms. The molecule has 5 aromatic carbocycles. The number of hydrogen-bond donors (Lipinski definition) is 0. The van der Waals surface area contributed by atoms with E-state index < -0.39 is 0 Å². The molecule has 0 N–H and O–H groups in total. The van der Waals surface area contributed by atoms with E-state index in [1.807, 2.05) is 36.7 Å². The van der Waals surface area contributed by atoms with Crippen LogP contribution in [0.1, 0.15) is 25.0 Å². The minimum atomic E-state index is -0.176. The van der Waals surface area contributed by atoms with Gasteiger partial charge >= 0.3 is 0 Å². The zero-order chi connectivity index (χ0) is 32.0. The fourth-order valence-electron chi connectivity index (χ4n) is 7.65. The molecule has 0 amide bonds. The Balaban J connectivity index is 1.28. The minimum absolute atomic E-state index is 0.176. The van der Waals surface area contributed by atoms with E-state index in [1.54, 1.807) is 0 Å². The number of fused-ring (bicyclic) bond motifs is 9. The molecule has 10 rings (SSSR count). The van der Waals surface area contributed by atoms with Crippen LogP contribution in [0.25, 0.3) is 66.4 Å². The van der Waals surface area contributed by atoms with Crippen molar-refractivity contribution in [2.75, 3.05) is 4.90 Å². The average Bonchev–Trinajstić information content (AvgIpc) is 3.76. The zero-order valence-corrected chi connectivity index (χ0v) is 26.4. The van der Waals surface area contributed by atoms with E-state index in [2.05, 4.69) is 132 Å². The summed E-state index contributed by atoms with van der Waals surface area (Å²) in [4.78, 5) is 11.6. The van der Waals surface area contributed by atoms with Crippen molar-refractivity contribution >= 4 is 61.2 Å². The Kier molecular flexibility index (Phi) is 5.56. The Hall–Kier alpha value is -6.20. The minimum Gasteiger partial charge on any atom is -0.454 e. The third-order valence-electron chi connectivity index (χ3n) is 9.96. The molecule has 1 aliphatic rings. The zero-order valence-electron chi connectivity index (χ0n) is 26.4. The maximum Gasteiger partial charge on any atom is 0.153 e. The van der Waals surface area contributed by atoms with Crippen LogP contribution >= 0.6 is 0 Å². The van der Waals surface area contributed by atoms with Gasteiger partial charge in [-0.05, 0) is 88.5 Å². The highest BCUT2D eigenvalue weighted by atomic mass is 16.3. The van der Waals surface area contributed by atoms with Gasteiger partial charge in [0.25, 0.3) is 0 Å². The molecule has 0 spiro atoms. The van der Waals surface area contributed by atoms with Crippen LogP contribution in [0.5, 0.6) is 0 Å². The topological polar surface area (TPSA) is 55.3 Å². The Bertz CT molecular complexity index is 2610. The van der Waals surface area contributed by atoms with Gasteiger partial charge in [-0.15, -0.1) is 0 Å². The highest BCUT2D eigenvalue weighted by Gasteiger charge is 2.37. The molecule has 228 valence electrons. The number of rotatable bonds is 4. The van der Waals surface area contributed by atoms with Crippen LogP contribution in [0.15, 0.2) is 149 Å². The summed E-state index contributed by atoms with van der Waals surface area (Å²) in [6.07, 6.45) is 3.62. The van der Waals surface area contributed by atoms with Crippen LogP contribution in [-0.2, 0) is 5.41 Å². The maximum absolute atomic E-state index is 6.37. The molecule has 0 unspecified atom stereocenters. The molecule has 4 heterocycles. The first-order chi connectivity index (χ1) is 23.5. The Morgan fingerprint density at radius 3 is 1.75 bits per heavy atom. The average molecular weight is 620 g/mol. The summed E-state index contributed by atoms with van der Waals surface area (Å²) in [6, 6.07) is 44.8. The summed E-state index contributed by atoms with van der Waals surface area (Å²) >= 11 is 0. The summed E-state index contributed by atoms with van der Waals surface area (Å²) in [5.74, 6) is 0. The molecule has 1 aliphatic carbocycles. The Morgan fingerprint density at radius 2 is 1.10 bits per heavy atom. The van der Waals surface area contributed by atoms with Crippen molar-refractivity contribution in [2.45, 2.75) is 19.3 Å². The maximum atomic E-state index is 6.37. The molecule has 5 heteroatoms. The smallest absolute Gasteiger partial charge is 0.153 e. The van der Waals surface area contributed by atoms with Crippen LogP contribution in [-0.4, -0.2) is 9.97 Å². The summed E-state index contributed by atoms with van der Waals surface area (Å²) in [7, 11) is 0. The van der Waals surface area contributed by atoms with Crippen LogP contribution in [0.3, 0.4) is 0 Å². The third kappa shape index (κ3) is 3.85. The van der Waals surface area contributed by atoms with E-state index in [4.69, 9.17) is 8.83 Å². The third-order valence-corrected chi connectivity index (χ3v) is 9.96. The molecule has 0 radical (unpaired) electrons. The fourth-order valence-corrected chi connectivity index (χ4v) is 7.65. The second-order valence-corrected chi connectivity index (χ2v) is 13.1. The van der Waals surface area contributed by atoms with Gasteiger partial charge in [0.15, 0.2) is 11.2 Å². The number of furan rings is 2. The van der Waals surface area contributed by atoms with Crippen molar-refractivity contribution in [1.29, 1.82) is 0 Å². The lowest BCUT2D eigenvalue weighted by Gasteiger charge is -2.30. The molecular weight excluding hydrogens is 590 g/mol. The number of hydrogen-bond acceptors (Lipinski definition) is 5. The normalized spacial score (nSPS) is 13.4. The van der Waals surface area contributed by atoms with Gasteiger partial charge < -0.3 is 13.7 Å². The van der Waals surface area contributed by atoms with Crippen LogP contribution in [0, 0.1) is 0 Å². The number of nitrogens with zero attached hydrogens (tertiary/aromatic N) is 3. The number of benzene rings is 5. The van der Waals surface area contributed by atoms with Gasteiger partial charge in [0.1, 0.15) is 22.2 Å². The second kappa shape index (κ2) is 9.90. The quantitative estimate of drug-likeness (QED) is 0.196. The first kappa shape index (κ1) is 27.0. The Labute approximate surface area is 276 Å². The standard InChI is InChI=1S/C43H29N3O2/c1-43(2)34-13-7-6-12-29(34)33-24-32(26-10-4-3-5-11-26)36(25-35(33)43)46(27-16-18-30-39(22-27)47-37-14-8-20-44-41(30)37)28-17-19-31-40(23-28)48-38-15-9-21-45-42(31)38/h3-25H,1-2H3. The van der Waals surface area contributed by atoms with Crippen molar-refractivity contribution in [3.8, 4) is 22.3 Å². The SMILES string of the molecule is CC1(C)c2ccccc2-c2cc(-c3ccccc3)c(N(c3ccc4c(c3)oc3cccnc34)c3ccc4c(c3)oc3cccnc34)cc21. The number of anilines is 3. The largest absolute Gasteiger partial charge is 0.454 e. The van der Waals surface area contributed by atoms with Crippen LogP contribution in [0.2, 0.25) is 0 Å². The highest BCUT2D eigenvalue weighted by molar-refractivity contribution is 6.06. The van der Waals surface area contributed by atoms with E-state index in [0.717, 1.165) is 72.3 Å². The fraction of sp³-hybridized carbons (Fsp3) is 0.0698. The predicted octanol–water partition coefficient (Wildman–Crippen LogP) is 11.7. The molecule has 0 aliphatic heterocycles. The van der Waals surface area contributed by atoms with E-state index >= 15 is 0 Å².